The summed E-state index contributed by atoms with van der Waals surface area (Å²) in [5, 5.41) is 9.42. The number of benzene rings is 2. The standard InChI is InChI=1S/C21H22N2O5S/c1-13(24)22-29-12-19(20(25)26)23(2)21(27)28-11-18-16-9-5-3-7-14(16)15-8-4-6-10-17(15)18/h3-10,18-19H,11-12H2,1-2H3,(H,22,24)(H,25,26)/t19-/m0/s1. The molecule has 0 radical (unpaired) electrons. The van der Waals surface area contributed by atoms with Crippen LogP contribution >= 0.6 is 11.9 Å². The molecule has 0 saturated heterocycles. The van der Waals surface area contributed by atoms with Gasteiger partial charge in [0, 0.05) is 25.6 Å². The van der Waals surface area contributed by atoms with E-state index in [2.05, 4.69) is 4.72 Å². The van der Waals surface area contributed by atoms with Crippen molar-refractivity contribution in [3.05, 3.63) is 59.7 Å². The molecule has 1 aliphatic carbocycles. The molecule has 0 aliphatic heterocycles. The zero-order valence-electron chi connectivity index (χ0n) is 16.1. The molecule has 2 aromatic rings. The van der Waals surface area contributed by atoms with Gasteiger partial charge in [0.15, 0.2) is 0 Å². The Morgan fingerprint density at radius 2 is 1.66 bits per heavy atom. The highest BCUT2D eigenvalue weighted by Gasteiger charge is 2.32. The van der Waals surface area contributed by atoms with Crippen molar-refractivity contribution in [1.29, 1.82) is 0 Å². The Morgan fingerprint density at radius 3 is 2.17 bits per heavy atom. The van der Waals surface area contributed by atoms with Crippen molar-refractivity contribution < 1.29 is 24.2 Å². The van der Waals surface area contributed by atoms with Crippen molar-refractivity contribution in [2.45, 2.75) is 18.9 Å². The lowest BCUT2D eigenvalue weighted by molar-refractivity contribution is -0.141. The van der Waals surface area contributed by atoms with Gasteiger partial charge in [-0.05, 0) is 34.2 Å². The van der Waals surface area contributed by atoms with Crippen LogP contribution in [0, 0.1) is 0 Å². The average molecular weight is 414 g/mol. The number of hydrogen-bond acceptors (Lipinski definition) is 5. The maximum absolute atomic E-state index is 12.5. The van der Waals surface area contributed by atoms with Gasteiger partial charge in [-0.3, -0.25) is 9.69 Å². The number of ether oxygens (including phenoxy) is 1. The Labute approximate surface area is 173 Å². The van der Waals surface area contributed by atoms with Crippen LogP contribution in [-0.4, -0.2) is 53.4 Å². The molecule has 0 aromatic heterocycles. The molecule has 0 fully saturated rings. The first-order chi connectivity index (χ1) is 13.9. The fourth-order valence-electron chi connectivity index (χ4n) is 3.39. The molecule has 2 amide bonds. The average Bonchev–Trinajstić information content (AvgIpc) is 3.02. The minimum atomic E-state index is -1.17. The molecule has 3 rings (SSSR count). The van der Waals surface area contributed by atoms with Gasteiger partial charge in [0.25, 0.3) is 0 Å². The van der Waals surface area contributed by atoms with Crippen LogP contribution < -0.4 is 4.72 Å². The normalized spacial score (nSPS) is 13.2. The molecule has 2 N–H and O–H groups in total. The van der Waals surface area contributed by atoms with Gasteiger partial charge >= 0.3 is 12.1 Å². The first kappa shape index (κ1) is 20.7. The van der Waals surface area contributed by atoms with E-state index in [1.807, 2.05) is 48.5 Å². The molecule has 7 nitrogen and oxygen atoms in total. The van der Waals surface area contributed by atoms with E-state index in [0.717, 1.165) is 39.1 Å². The summed E-state index contributed by atoms with van der Waals surface area (Å²) >= 11 is 0.938. The largest absolute Gasteiger partial charge is 0.480 e. The van der Waals surface area contributed by atoms with Crippen LogP contribution in [0.25, 0.3) is 11.1 Å². The highest BCUT2D eigenvalue weighted by atomic mass is 32.2. The van der Waals surface area contributed by atoms with E-state index < -0.39 is 18.1 Å². The number of amides is 2. The predicted octanol–water partition coefficient (Wildman–Crippen LogP) is 3.10. The molecule has 0 unspecified atom stereocenters. The SMILES string of the molecule is CC(=O)NSC[C@@H](C(=O)O)N(C)C(=O)OCC1c2ccccc2-c2ccccc21. The molecular weight excluding hydrogens is 392 g/mol. The summed E-state index contributed by atoms with van der Waals surface area (Å²) in [6, 6.07) is 14.8. The molecule has 0 saturated carbocycles. The van der Waals surface area contributed by atoms with Crippen LogP contribution in [0.15, 0.2) is 48.5 Å². The third kappa shape index (κ3) is 4.54. The van der Waals surface area contributed by atoms with Gasteiger partial charge in [0.1, 0.15) is 12.6 Å². The summed E-state index contributed by atoms with van der Waals surface area (Å²) in [6.07, 6.45) is -0.720. The third-order valence-electron chi connectivity index (χ3n) is 4.83. The van der Waals surface area contributed by atoms with Crippen molar-refractivity contribution in [1.82, 2.24) is 9.62 Å². The van der Waals surface area contributed by atoms with Crippen LogP contribution in [0.2, 0.25) is 0 Å². The predicted molar refractivity (Wildman–Crippen MR) is 111 cm³/mol. The van der Waals surface area contributed by atoms with Gasteiger partial charge in [0.05, 0.1) is 0 Å². The maximum atomic E-state index is 12.5. The molecule has 0 spiro atoms. The van der Waals surface area contributed by atoms with Crippen molar-refractivity contribution in [2.24, 2.45) is 0 Å². The minimum absolute atomic E-state index is 0.00953. The fraction of sp³-hybridized carbons (Fsp3) is 0.286. The quantitative estimate of drug-likeness (QED) is 0.676. The second-order valence-electron chi connectivity index (χ2n) is 6.74. The number of carbonyl (C=O) groups is 3. The monoisotopic (exact) mass is 414 g/mol. The second kappa shape index (κ2) is 9.00. The molecule has 0 heterocycles. The Balaban J connectivity index is 1.68. The summed E-state index contributed by atoms with van der Waals surface area (Å²) in [5.74, 6) is -1.55. The molecular formula is C21H22N2O5S. The Bertz CT molecular complexity index is 887. The molecule has 29 heavy (non-hydrogen) atoms. The number of carboxylic acid groups (broad SMARTS) is 1. The summed E-state index contributed by atoms with van der Waals surface area (Å²) < 4.78 is 7.95. The zero-order chi connectivity index (χ0) is 21.0. The van der Waals surface area contributed by atoms with Crippen LogP contribution in [-0.2, 0) is 14.3 Å². The highest BCUT2D eigenvalue weighted by Crippen LogP contribution is 2.44. The smallest absolute Gasteiger partial charge is 0.410 e. The zero-order valence-corrected chi connectivity index (χ0v) is 16.9. The van der Waals surface area contributed by atoms with Gasteiger partial charge in [-0.2, -0.15) is 0 Å². The van der Waals surface area contributed by atoms with Crippen LogP contribution in [0.4, 0.5) is 4.79 Å². The molecule has 0 bridgehead atoms. The van der Waals surface area contributed by atoms with Crippen LogP contribution in [0.3, 0.4) is 0 Å². The lowest BCUT2D eigenvalue weighted by Gasteiger charge is -2.25. The number of rotatable bonds is 7. The lowest BCUT2D eigenvalue weighted by atomic mass is 9.98. The van der Waals surface area contributed by atoms with Gasteiger partial charge in [0.2, 0.25) is 5.91 Å². The number of nitrogens with zero attached hydrogens (tertiary/aromatic N) is 1. The van der Waals surface area contributed by atoms with E-state index in [1.165, 1.54) is 14.0 Å². The van der Waals surface area contributed by atoms with E-state index >= 15 is 0 Å². The first-order valence-corrected chi connectivity index (χ1v) is 10.1. The van der Waals surface area contributed by atoms with E-state index in [0.29, 0.717) is 0 Å². The Kier molecular flexibility index (Phi) is 6.43. The number of likely N-dealkylation sites (N-methyl/N-ethyl adjacent to an activating group) is 1. The number of hydrogen-bond donors (Lipinski definition) is 2. The summed E-state index contributed by atoms with van der Waals surface area (Å²) in [7, 11) is 1.38. The number of carboxylic acids is 1. The van der Waals surface area contributed by atoms with Crippen LogP contribution in [0.1, 0.15) is 24.0 Å². The number of carbonyl (C=O) groups excluding carboxylic acids is 2. The van der Waals surface area contributed by atoms with Gasteiger partial charge in [-0.15, -0.1) is 0 Å². The van der Waals surface area contributed by atoms with Gasteiger partial charge < -0.3 is 14.6 Å². The fourth-order valence-corrected chi connectivity index (χ4v) is 4.20. The van der Waals surface area contributed by atoms with E-state index in [-0.39, 0.29) is 24.2 Å². The van der Waals surface area contributed by atoms with Crippen LogP contribution in [0.5, 0.6) is 0 Å². The number of fused-ring (bicyclic) bond motifs is 3. The molecule has 152 valence electrons. The Morgan fingerprint density at radius 1 is 1.10 bits per heavy atom. The van der Waals surface area contributed by atoms with Crippen molar-refractivity contribution in [2.75, 3.05) is 19.4 Å². The summed E-state index contributed by atoms with van der Waals surface area (Å²) in [5.41, 5.74) is 4.40. The summed E-state index contributed by atoms with van der Waals surface area (Å²) in [4.78, 5) is 36.1. The second-order valence-corrected chi connectivity index (χ2v) is 7.56. The molecule has 8 heteroatoms. The number of aliphatic carboxylic acids is 1. The van der Waals surface area contributed by atoms with Crippen molar-refractivity contribution in [3.63, 3.8) is 0 Å². The van der Waals surface area contributed by atoms with Crippen molar-refractivity contribution in [3.8, 4) is 11.1 Å². The molecule has 2 aromatic carbocycles. The van der Waals surface area contributed by atoms with E-state index in [1.54, 1.807) is 0 Å². The maximum Gasteiger partial charge on any atom is 0.410 e. The minimum Gasteiger partial charge on any atom is -0.480 e. The van der Waals surface area contributed by atoms with E-state index in [4.69, 9.17) is 4.74 Å². The van der Waals surface area contributed by atoms with Crippen molar-refractivity contribution >= 4 is 29.9 Å². The number of nitrogens with one attached hydrogen (secondary N) is 1. The molecule has 1 atom stereocenters. The Hall–Kier alpha value is -3.00. The van der Waals surface area contributed by atoms with Gasteiger partial charge in [-0.25, -0.2) is 9.59 Å². The highest BCUT2D eigenvalue weighted by molar-refractivity contribution is 7.98. The van der Waals surface area contributed by atoms with Gasteiger partial charge in [-0.1, -0.05) is 48.5 Å². The molecule has 1 aliphatic rings. The van der Waals surface area contributed by atoms with E-state index in [9.17, 15) is 19.5 Å². The summed E-state index contributed by atoms with van der Waals surface area (Å²) in [6.45, 7) is 1.44. The third-order valence-corrected chi connectivity index (χ3v) is 5.75. The lowest BCUT2D eigenvalue weighted by Crippen LogP contribution is -2.45. The topological polar surface area (TPSA) is 95.9 Å². The first-order valence-electron chi connectivity index (χ1n) is 9.09.